The molecule has 4 atom stereocenters. The molecule has 9 nitrogen and oxygen atoms in total. The lowest BCUT2D eigenvalue weighted by Crippen LogP contribution is -2.51. The van der Waals surface area contributed by atoms with Gasteiger partial charge in [-0.25, -0.2) is 4.79 Å². The van der Waals surface area contributed by atoms with Gasteiger partial charge >= 0.3 is 6.09 Å². The molecule has 2 aromatic rings. The van der Waals surface area contributed by atoms with E-state index in [1.807, 2.05) is 26.0 Å². The lowest BCUT2D eigenvalue weighted by Gasteiger charge is -2.28. The van der Waals surface area contributed by atoms with Gasteiger partial charge in [-0.05, 0) is 17.3 Å². The molecule has 1 aliphatic carbocycles. The summed E-state index contributed by atoms with van der Waals surface area (Å²) in [7, 11) is 0. The third-order valence-corrected chi connectivity index (χ3v) is 6.17. The van der Waals surface area contributed by atoms with Gasteiger partial charge in [0, 0.05) is 17.3 Å². The summed E-state index contributed by atoms with van der Waals surface area (Å²) in [5.41, 5.74) is 5.67. The quantitative estimate of drug-likeness (QED) is 0.717. The first-order valence-corrected chi connectivity index (χ1v) is 9.03. The van der Waals surface area contributed by atoms with Crippen LogP contribution in [0.4, 0.5) is 4.79 Å². The predicted molar refractivity (Wildman–Crippen MR) is 98.9 cm³/mol. The number of benzene rings is 1. The first-order valence-electron chi connectivity index (χ1n) is 9.03. The van der Waals surface area contributed by atoms with Crippen LogP contribution in [0.1, 0.15) is 25.6 Å². The maximum Gasteiger partial charge on any atom is 0.407 e. The average molecular weight is 383 g/mol. The van der Waals surface area contributed by atoms with Gasteiger partial charge in [0.15, 0.2) is 6.04 Å². The Morgan fingerprint density at radius 3 is 2.71 bits per heavy atom. The summed E-state index contributed by atoms with van der Waals surface area (Å²) in [5.74, 6) is -1.29. The monoisotopic (exact) mass is 383 g/mol. The fourth-order valence-corrected chi connectivity index (χ4v) is 4.55. The Balaban J connectivity index is 1.66. The van der Waals surface area contributed by atoms with Crippen molar-refractivity contribution in [1.29, 1.82) is 0 Å². The minimum absolute atomic E-state index is 0.0873. The van der Waals surface area contributed by atoms with Crippen molar-refractivity contribution in [1.82, 2.24) is 20.4 Å². The second-order valence-corrected chi connectivity index (χ2v) is 7.99. The number of rotatable bonds is 4. The topological polar surface area (TPSA) is 139 Å². The molecule has 9 heteroatoms. The number of primary amides is 1. The summed E-state index contributed by atoms with van der Waals surface area (Å²) in [5, 5.41) is 21.4. The SMILES string of the molecule is CC1(C)[C@@H]2[C@@H](C(=O)NC(C(N)=O)c3nncc4ccccc34)N(C(=O)O)C[C@@H]21. The highest BCUT2D eigenvalue weighted by Crippen LogP contribution is 2.64. The molecular formula is C19H21N5O4. The van der Waals surface area contributed by atoms with Crippen LogP contribution in [0.3, 0.4) is 0 Å². The van der Waals surface area contributed by atoms with Gasteiger partial charge in [0.05, 0.1) is 6.20 Å². The van der Waals surface area contributed by atoms with Gasteiger partial charge in [-0.2, -0.15) is 10.2 Å². The van der Waals surface area contributed by atoms with Crippen LogP contribution < -0.4 is 11.1 Å². The number of nitrogens with one attached hydrogen (secondary N) is 1. The summed E-state index contributed by atoms with van der Waals surface area (Å²) < 4.78 is 0. The van der Waals surface area contributed by atoms with Crippen molar-refractivity contribution < 1.29 is 19.5 Å². The number of carboxylic acid groups (broad SMARTS) is 1. The van der Waals surface area contributed by atoms with Crippen LogP contribution >= 0.6 is 0 Å². The lowest BCUT2D eigenvalue weighted by atomic mass is 10.00. The molecule has 1 saturated carbocycles. The van der Waals surface area contributed by atoms with Gasteiger partial charge in [0.25, 0.3) is 0 Å². The maximum atomic E-state index is 13.0. The highest BCUT2D eigenvalue weighted by Gasteiger charge is 2.69. The summed E-state index contributed by atoms with van der Waals surface area (Å²) in [4.78, 5) is 37.9. The minimum Gasteiger partial charge on any atom is -0.465 e. The van der Waals surface area contributed by atoms with Crippen LogP contribution in [-0.4, -0.2) is 50.7 Å². The number of hydrogen-bond acceptors (Lipinski definition) is 5. The van der Waals surface area contributed by atoms with E-state index in [0.717, 1.165) is 10.3 Å². The van der Waals surface area contributed by atoms with Crippen molar-refractivity contribution >= 4 is 28.7 Å². The molecular weight excluding hydrogens is 362 g/mol. The van der Waals surface area contributed by atoms with Crippen molar-refractivity contribution in [2.24, 2.45) is 23.0 Å². The normalized spacial score (nSPS) is 25.8. The molecule has 1 aliphatic heterocycles. The van der Waals surface area contributed by atoms with Crippen molar-refractivity contribution in [3.05, 3.63) is 36.2 Å². The number of nitrogens with two attached hydrogens (primary N) is 1. The second kappa shape index (κ2) is 6.15. The van der Waals surface area contributed by atoms with Crippen LogP contribution in [0.5, 0.6) is 0 Å². The molecule has 1 aromatic carbocycles. The molecule has 0 spiro atoms. The fraction of sp³-hybridized carbons (Fsp3) is 0.421. The summed E-state index contributed by atoms with van der Waals surface area (Å²) in [6, 6.07) is 5.12. The smallest absolute Gasteiger partial charge is 0.407 e. The first kappa shape index (κ1) is 18.1. The van der Waals surface area contributed by atoms with Gasteiger partial charge in [-0.15, -0.1) is 0 Å². The molecule has 146 valence electrons. The van der Waals surface area contributed by atoms with E-state index in [1.165, 1.54) is 0 Å². The van der Waals surface area contributed by atoms with Gasteiger partial charge < -0.3 is 16.2 Å². The summed E-state index contributed by atoms with van der Waals surface area (Å²) in [6.45, 7) is 4.34. The van der Waals surface area contributed by atoms with E-state index in [4.69, 9.17) is 5.73 Å². The van der Waals surface area contributed by atoms with Crippen LogP contribution in [-0.2, 0) is 9.59 Å². The van der Waals surface area contributed by atoms with E-state index >= 15 is 0 Å². The molecule has 1 aromatic heterocycles. The average Bonchev–Trinajstić information content (AvgIpc) is 3.01. The standard InChI is InChI=1S/C19H21N5O4/c1-19(2)11-8-24(18(27)28)15(12(11)19)17(26)22-14(16(20)25)13-10-6-4-3-5-9(10)7-21-23-13/h3-7,11-12,14-15H,8H2,1-2H3,(H2,20,25)(H,22,26)(H,27,28)/t11-,12-,14?,15-/m0/s1. The van der Waals surface area contributed by atoms with Gasteiger partial charge in [0.1, 0.15) is 11.7 Å². The van der Waals surface area contributed by atoms with E-state index in [9.17, 15) is 19.5 Å². The molecule has 1 unspecified atom stereocenters. The van der Waals surface area contributed by atoms with Crippen molar-refractivity contribution in [2.45, 2.75) is 25.9 Å². The number of piperidine rings is 1. The number of carbonyl (C=O) groups is 3. The predicted octanol–water partition coefficient (Wildman–Crippen LogP) is 0.907. The lowest BCUT2D eigenvalue weighted by molar-refractivity contribution is -0.131. The van der Waals surface area contributed by atoms with Gasteiger partial charge in [-0.1, -0.05) is 38.1 Å². The zero-order valence-corrected chi connectivity index (χ0v) is 15.5. The van der Waals surface area contributed by atoms with Crippen LogP contribution in [0, 0.1) is 17.3 Å². The van der Waals surface area contributed by atoms with Gasteiger partial charge in [-0.3, -0.25) is 14.5 Å². The Morgan fingerprint density at radius 2 is 2.04 bits per heavy atom. The molecule has 4 rings (SSSR count). The maximum absolute atomic E-state index is 13.0. The molecule has 2 heterocycles. The zero-order chi connectivity index (χ0) is 20.2. The molecule has 2 fully saturated rings. The highest BCUT2D eigenvalue weighted by molar-refractivity contribution is 5.95. The Labute approximate surface area is 160 Å². The van der Waals surface area contributed by atoms with Crippen LogP contribution in [0.25, 0.3) is 10.8 Å². The van der Waals surface area contributed by atoms with Crippen LogP contribution in [0.15, 0.2) is 30.5 Å². The Bertz CT molecular complexity index is 986. The second-order valence-electron chi connectivity index (χ2n) is 7.99. The number of fused-ring (bicyclic) bond motifs is 2. The molecule has 28 heavy (non-hydrogen) atoms. The largest absolute Gasteiger partial charge is 0.465 e. The molecule has 2 aliphatic rings. The number of amides is 3. The van der Waals surface area contributed by atoms with E-state index in [-0.39, 0.29) is 22.9 Å². The molecule has 1 saturated heterocycles. The molecule has 0 bridgehead atoms. The molecule has 0 radical (unpaired) electrons. The third-order valence-electron chi connectivity index (χ3n) is 6.17. The fourth-order valence-electron chi connectivity index (χ4n) is 4.55. The number of nitrogens with zero attached hydrogens (tertiary/aromatic N) is 3. The van der Waals surface area contributed by atoms with Crippen LogP contribution in [0.2, 0.25) is 0 Å². The van der Waals surface area contributed by atoms with E-state index in [0.29, 0.717) is 11.9 Å². The molecule has 3 amide bonds. The van der Waals surface area contributed by atoms with Gasteiger partial charge in [0.2, 0.25) is 11.8 Å². The number of likely N-dealkylation sites (tertiary alicyclic amines) is 1. The number of carbonyl (C=O) groups excluding carboxylic acids is 2. The Kier molecular flexibility index (Phi) is 3.99. The van der Waals surface area contributed by atoms with E-state index < -0.39 is 30.0 Å². The van der Waals surface area contributed by atoms with Crippen molar-refractivity contribution in [3.8, 4) is 0 Å². The number of hydrogen-bond donors (Lipinski definition) is 3. The number of aromatic nitrogens is 2. The highest BCUT2D eigenvalue weighted by atomic mass is 16.4. The van der Waals surface area contributed by atoms with E-state index in [1.54, 1.807) is 18.3 Å². The summed E-state index contributed by atoms with van der Waals surface area (Å²) >= 11 is 0. The minimum atomic E-state index is -1.21. The summed E-state index contributed by atoms with van der Waals surface area (Å²) in [6.07, 6.45) is 0.405. The Hall–Kier alpha value is -3.23. The molecule has 4 N–H and O–H groups in total. The Morgan fingerprint density at radius 1 is 1.32 bits per heavy atom. The van der Waals surface area contributed by atoms with Crippen molar-refractivity contribution in [3.63, 3.8) is 0 Å². The van der Waals surface area contributed by atoms with E-state index in [2.05, 4.69) is 15.5 Å². The third kappa shape index (κ3) is 2.65. The van der Waals surface area contributed by atoms with Crippen molar-refractivity contribution in [2.75, 3.05) is 6.54 Å². The first-order chi connectivity index (χ1) is 13.2. The zero-order valence-electron chi connectivity index (χ0n) is 15.5.